The predicted octanol–water partition coefficient (Wildman–Crippen LogP) is 4.67. The Morgan fingerprint density at radius 2 is 1.71 bits per heavy atom. The van der Waals surface area contributed by atoms with Crippen molar-refractivity contribution in [1.82, 2.24) is 30.1 Å². The molecule has 1 aliphatic carbocycles. The third-order valence-electron chi connectivity index (χ3n) is 10.0. The number of aliphatic hydroxyl groups is 1. The molecule has 0 spiro atoms. The van der Waals surface area contributed by atoms with Crippen molar-refractivity contribution in [2.75, 3.05) is 20.1 Å². The quantitative estimate of drug-likeness (QED) is 0.0656. The number of oxime groups is 1. The molecular formula is C39H55N7O7S2. The van der Waals surface area contributed by atoms with Crippen molar-refractivity contribution in [1.29, 1.82) is 0 Å². The molecule has 1 aromatic heterocycles. The van der Waals surface area contributed by atoms with Gasteiger partial charge in [-0.2, -0.15) is 4.31 Å². The van der Waals surface area contributed by atoms with Gasteiger partial charge in [0.05, 0.1) is 41.5 Å². The third kappa shape index (κ3) is 12.6. The first kappa shape index (κ1) is 43.3. The first-order chi connectivity index (χ1) is 26.2. The van der Waals surface area contributed by atoms with Crippen molar-refractivity contribution in [3.8, 4) is 0 Å². The first-order valence-electron chi connectivity index (χ1n) is 18.7. The molecule has 4 rings (SSSR count). The van der Waals surface area contributed by atoms with Crippen molar-refractivity contribution in [2.24, 2.45) is 17.0 Å². The van der Waals surface area contributed by atoms with Gasteiger partial charge in [-0.3, -0.25) is 9.59 Å². The molecule has 3 aromatic rings. The monoisotopic (exact) mass is 797 g/mol. The first-order valence-corrected chi connectivity index (χ1v) is 21.1. The lowest BCUT2D eigenvalue weighted by molar-refractivity contribution is -0.125. The number of hydrogen-bond acceptors (Lipinski definition) is 10. The van der Waals surface area contributed by atoms with E-state index >= 15 is 0 Å². The summed E-state index contributed by atoms with van der Waals surface area (Å²) in [6.07, 6.45) is 4.44. The standard InChI is InChI=1S/C39H55N7O7S2/c1-6-26(2)36(44-39(50)45(5)23-32-25-54-38(42-32)27(3)41-28(4)47)37(49)43-34(20-29-12-8-7-9-13-29)35(48)24-46(22-31-14-10-11-15-31)55(52,53)33-18-16-30(17-19-33)21-40-51/h7-9,12-13,16-19,21,25-27,31,34-36,48,51H,6,10-11,14-15,20,22-24H2,1-5H3,(H,41,47)(H,43,49)(H,44,50)/b40-21+/t26-,27-,34-,35?,36+/m0/s1. The fourth-order valence-electron chi connectivity index (χ4n) is 6.67. The number of sulfonamides is 1. The predicted molar refractivity (Wildman–Crippen MR) is 212 cm³/mol. The molecule has 1 heterocycles. The van der Waals surface area contributed by atoms with Crippen LogP contribution in [0.4, 0.5) is 4.79 Å². The second-order valence-electron chi connectivity index (χ2n) is 14.4. The van der Waals surface area contributed by atoms with Gasteiger partial charge in [0.15, 0.2) is 0 Å². The van der Waals surface area contributed by atoms with Crippen LogP contribution in [-0.4, -0.2) is 95.3 Å². The van der Waals surface area contributed by atoms with Crippen LogP contribution in [0, 0.1) is 11.8 Å². The number of thiazole rings is 1. The van der Waals surface area contributed by atoms with E-state index < -0.39 is 40.1 Å². The molecule has 0 radical (unpaired) electrons. The second-order valence-corrected chi connectivity index (χ2v) is 17.3. The summed E-state index contributed by atoms with van der Waals surface area (Å²) in [5.74, 6) is -0.822. The molecule has 1 unspecified atom stereocenters. The minimum absolute atomic E-state index is 0.0382. The van der Waals surface area contributed by atoms with Crippen LogP contribution in [0.1, 0.15) is 87.7 Å². The number of rotatable bonds is 19. The minimum atomic E-state index is -4.08. The van der Waals surface area contributed by atoms with Crippen molar-refractivity contribution < 1.29 is 33.1 Å². The average molecular weight is 798 g/mol. The van der Waals surface area contributed by atoms with E-state index in [1.165, 1.54) is 45.8 Å². The largest absolute Gasteiger partial charge is 0.411 e. The van der Waals surface area contributed by atoms with Crippen LogP contribution in [0.5, 0.6) is 0 Å². The number of amides is 4. The molecular weight excluding hydrogens is 743 g/mol. The summed E-state index contributed by atoms with van der Waals surface area (Å²) in [5, 5.41) is 35.0. The molecule has 55 heavy (non-hydrogen) atoms. The van der Waals surface area contributed by atoms with Crippen molar-refractivity contribution >= 4 is 45.4 Å². The summed E-state index contributed by atoms with van der Waals surface area (Å²) in [6, 6.07) is 12.7. The fraction of sp³-hybridized carbons (Fsp3) is 0.513. The second kappa shape index (κ2) is 20.5. The van der Waals surface area contributed by atoms with E-state index in [0.29, 0.717) is 22.7 Å². The van der Waals surface area contributed by atoms with Gasteiger partial charge in [0.2, 0.25) is 21.8 Å². The summed E-state index contributed by atoms with van der Waals surface area (Å²) in [7, 11) is -2.47. The van der Waals surface area contributed by atoms with E-state index in [1.54, 1.807) is 19.2 Å². The Hall–Kier alpha value is -4.38. The van der Waals surface area contributed by atoms with Gasteiger partial charge in [0.25, 0.3) is 0 Å². The highest BCUT2D eigenvalue weighted by atomic mass is 32.2. The molecule has 5 N–H and O–H groups in total. The molecule has 0 saturated heterocycles. The van der Waals surface area contributed by atoms with Gasteiger partial charge in [-0.15, -0.1) is 11.3 Å². The zero-order valence-electron chi connectivity index (χ0n) is 32.2. The Bertz CT molecular complexity index is 1830. The molecule has 1 saturated carbocycles. The van der Waals surface area contributed by atoms with Crippen molar-refractivity contribution in [2.45, 2.75) is 102 Å². The lowest BCUT2D eigenvalue weighted by atomic mass is 9.96. The van der Waals surface area contributed by atoms with Gasteiger partial charge in [0.1, 0.15) is 11.0 Å². The Labute approximate surface area is 328 Å². The van der Waals surface area contributed by atoms with Gasteiger partial charge in [-0.05, 0) is 61.3 Å². The molecule has 2 aromatic carbocycles. The van der Waals surface area contributed by atoms with Gasteiger partial charge in [0, 0.05) is 32.4 Å². The van der Waals surface area contributed by atoms with Crippen LogP contribution in [-0.2, 0) is 32.6 Å². The number of nitrogens with zero attached hydrogens (tertiary/aromatic N) is 4. The van der Waals surface area contributed by atoms with E-state index in [0.717, 1.165) is 31.2 Å². The molecule has 14 nitrogen and oxygen atoms in total. The molecule has 16 heteroatoms. The molecule has 300 valence electrons. The van der Waals surface area contributed by atoms with Crippen LogP contribution in [0.25, 0.3) is 0 Å². The van der Waals surface area contributed by atoms with Crippen LogP contribution in [0.15, 0.2) is 70.0 Å². The van der Waals surface area contributed by atoms with E-state index in [1.807, 2.05) is 56.5 Å². The number of urea groups is 1. The van der Waals surface area contributed by atoms with E-state index in [2.05, 4.69) is 26.1 Å². The van der Waals surface area contributed by atoms with Gasteiger partial charge < -0.3 is 31.2 Å². The van der Waals surface area contributed by atoms with Crippen molar-refractivity contribution in [3.63, 3.8) is 0 Å². The van der Waals surface area contributed by atoms with Crippen LogP contribution in [0.2, 0.25) is 0 Å². The Morgan fingerprint density at radius 3 is 2.33 bits per heavy atom. The number of hydrogen-bond donors (Lipinski definition) is 5. The lowest BCUT2D eigenvalue weighted by Crippen LogP contribution is -2.58. The number of carbonyl (C=O) groups is 3. The summed E-state index contributed by atoms with van der Waals surface area (Å²) in [4.78, 5) is 45.2. The highest BCUT2D eigenvalue weighted by Gasteiger charge is 2.35. The number of aliphatic hydroxyl groups excluding tert-OH is 1. The Kier molecular flexibility index (Phi) is 16.2. The molecule has 1 fully saturated rings. The smallest absolute Gasteiger partial charge is 0.318 e. The highest BCUT2D eigenvalue weighted by Crippen LogP contribution is 2.28. The van der Waals surface area contributed by atoms with Crippen LogP contribution in [0.3, 0.4) is 0 Å². The zero-order valence-corrected chi connectivity index (χ0v) is 33.9. The zero-order chi connectivity index (χ0) is 40.1. The van der Waals surface area contributed by atoms with Crippen LogP contribution >= 0.6 is 11.3 Å². The van der Waals surface area contributed by atoms with Crippen molar-refractivity contribution in [3.05, 3.63) is 81.8 Å². The number of carbonyl (C=O) groups excluding carboxylic acids is 3. The Balaban J connectivity index is 1.54. The maximum Gasteiger partial charge on any atom is 0.318 e. The van der Waals surface area contributed by atoms with E-state index in [4.69, 9.17) is 5.21 Å². The minimum Gasteiger partial charge on any atom is -0.411 e. The van der Waals surface area contributed by atoms with Gasteiger partial charge >= 0.3 is 6.03 Å². The molecule has 0 aliphatic heterocycles. The number of benzene rings is 2. The molecule has 0 bridgehead atoms. The maximum absolute atomic E-state index is 14.1. The lowest BCUT2D eigenvalue weighted by Gasteiger charge is -2.33. The average Bonchev–Trinajstić information content (AvgIpc) is 3.86. The van der Waals surface area contributed by atoms with Crippen LogP contribution < -0.4 is 16.0 Å². The summed E-state index contributed by atoms with van der Waals surface area (Å²) in [5.41, 5.74) is 1.99. The molecule has 1 aliphatic rings. The topological polar surface area (TPSA) is 194 Å². The van der Waals surface area contributed by atoms with E-state index in [-0.39, 0.29) is 54.7 Å². The van der Waals surface area contributed by atoms with E-state index in [9.17, 15) is 27.9 Å². The highest BCUT2D eigenvalue weighted by molar-refractivity contribution is 7.89. The molecule has 5 atom stereocenters. The SMILES string of the molecule is CC[C@H](C)[C@@H](NC(=O)N(C)Cc1csc([C@H](C)NC(C)=O)n1)C(=O)N[C@@H](Cc1ccccc1)C(O)CN(CC1CCCC1)S(=O)(=O)c1ccc(/C=N/O)cc1. The fourth-order valence-corrected chi connectivity index (χ4v) is 9.02. The number of nitrogens with one attached hydrogen (secondary N) is 3. The molecule has 4 amide bonds. The van der Waals surface area contributed by atoms with Gasteiger partial charge in [-0.25, -0.2) is 18.2 Å². The van der Waals surface area contributed by atoms with Gasteiger partial charge in [-0.1, -0.05) is 80.7 Å². The summed E-state index contributed by atoms with van der Waals surface area (Å²) < 4.78 is 29.6. The summed E-state index contributed by atoms with van der Waals surface area (Å²) in [6.45, 7) is 7.16. The number of aromatic nitrogens is 1. The maximum atomic E-state index is 14.1. The normalized spacial score (nSPS) is 16.3. The third-order valence-corrected chi connectivity index (χ3v) is 12.9. The summed E-state index contributed by atoms with van der Waals surface area (Å²) >= 11 is 1.38. The Morgan fingerprint density at radius 1 is 1.04 bits per heavy atom.